The Kier molecular flexibility index (Phi) is 16.5. The van der Waals surface area contributed by atoms with Crippen LogP contribution in [0, 0.1) is 0 Å². The molecule has 0 heterocycles. The van der Waals surface area contributed by atoms with Gasteiger partial charge in [0.1, 0.15) is 0 Å². The maximum absolute atomic E-state index is 8.74. The number of hydrogen-bond acceptors (Lipinski definition) is 2. The van der Waals surface area contributed by atoms with E-state index in [0.717, 1.165) is 0 Å². The molecule has 0 saturated heterocycles. The Morgan fingerprint density at radius 2 is 1.25 bits per heavy atom. The molecule has 0 aromatic rings. The molecule has 8 heteroatoms. The molecule has 1 radical (unpaired) electrons. The van der Waals surface area contributed by atoms with Gasteiger partial charge in [-0.15, -0.1) is 0 Å². The number of hydrogen-bond donors (Lipinski definition) is 2. The van der Waals surface area contributed by atoms with Crippen LogP contribution in [-0.2, 0) is 42.6 Å². The minimum atomic E-state index is -4.67. The zero-order valence-corrected chi connectivity index (χ0v) is 7.19. The zero-order valence-electron chi connectivity index (χ0n) is 3.25. The fraction of sp³-hybridized carbons (Fsp3) is 0. The third-order valence-electron chi connectivity index (χ3n) is 0. The van der Waals surface area contributed by atoms with Crippen molar-refractivity contribution < 1.29 is 49.7 Å². The Morgan fingerprint density at radius 1 is 1.25 bits per heavy atom. The van der Waals surface area contributed by atoms with Crippen molar-refractivity contribution in [3.63, 3.8) is 0 Å². The van der Waals surface area contributed by atoms with Crippen molar-refractivity contribution in [2.75, 3.05) is 0 Å². The van der Waals surface area contributed by atoms with E-state index in [1.807, 2.05) is 0 Å². The minimum Gasteiger partial charge on any atom is 0 e. The third-order valence-corrected chi connectivity index (χ3v) is 0. The fourth-order valence-corrected chi connectivity index (χ4v) is 0. The Morgan fingerprint density at radius 3 is 1.25 bits per heavy atom. The summed E-state index contributed by atoms with van der Waals surface area (Å²) in [6, 6.07) is 0. The van der Waals surface area contributed by atoms with Crippen molar-refractivity contribution in [3.05, 3.63) is 0 Å². The first-order valence-electron chi connectivity index (χ1n) is 0.841. The van der Waals surface area contributed by atoms with Gasteiger partial charge >= 0.3 is 35.6 Å². The molecule has 0 aromatic carbocycles. The van der Waals surface area contributed by atoms with Gasteiger partial charge in [-0.2, -0.15) is 8.42 Å². The average molecular weight is 243 g/mol. The van der Waals surface area contributed by atoms with Crippen LogP contribution in [0.25, 0.3) is 0 Å². The van der Waals surface area contributed by atoms with E-state index in [1.165, 1.54) is 0 Å². The summed E-state index contributed by atoms with van der Waals surface area (Å²) in [5, 5.41) is 0. The second-order valence-corrected chi connectivity index (χ2v) is 1.34. The molecule has 0 unspecified atom stereocenters. The van der Waals surface area contributed by atoms with E-state index in [1.54, 1.807) is 0 Å². The van der Waals surface area contributed by atoms with Gasteiger partial charge in [-0.05, 0) is 0 Å². The Balaban J connectivity index is -0.0000000750. The van der Waals surface area contributed by atoms with Gasteiger partial charge in [0, 0.05) is 17.1 Å². The van der Waals surface area contributed by atoms with Crippen LogP contribution in [0.5, 0.6) is 0 Å². The summed E-state index contributed by atoms with van der Waals surface area (Å²) in [6.45, 7) is 0. The smallest absolute Gasteiger partial charge is 0 e. The summed E-state index contributed by atoms with van der Waals surface area (Å²) in [5.41, 5.74) is 0. The molecule has 0 aliphatic carbocycles. The monoisotopic (exact) mass is 243 g/mol. The molecule has 0 bridgehead atoms. The molecule has 0 aliphatic heterocycles. The Bertz CT molecular complexity index is 97.2. The van der Waals surface area contributed by atoms with E-state index in [9.17, 15) is 0 Å². The van der Waals surface area contributed by atoms with Crippen LogP contribution in [0.4, 0.5) is 0 Å². The maximum atomic E-state index is 8.74. The van der Waals surface area contributed by atoms with Crippen molar-refractivity contribution >= 4 is 20.5 Å². The first-order valence-corrected chi connectivity index (χ1v) is 3.86. The Hall–Kier alpha value is 1.20. The molecule has 0 aliphatic rings. The summed E-state index contributed by atoms with van der Waals surface area (Å²) in [5.74, 6) is 0. The maximum Gasteiger partial charge on any atom is 0 e. The summed E-state index contributed by atoms with van der Waals surface area (Å²) < 4.78 is 31.6. The molecular formula is H2ClMn2O4S. The second-order valence-electron chi connectivity index (χ2n) is 0.448. The van der Waals surface area contributed by atoms with Gasteiger partial charge in [0.2, 0.25) is 0 Å². The van der Waals surface area contributed by atoms with E-state index in [2.05, 4.69) is 25.2 Å². The third kappa shape index (κ3) is 192. The van der Waals surface area contributed by atoms with Gasteiger partial charge < -0.3 is 0 Å². The van der Waals surface area contributed by atoms with Crippen LogP contribution < -0.4 is 0 Å². The summed E-state index contributed by atoms with van der Waals surface area (Å²) in [4.78, 5) is 0. The average Bonchev–Trinajstić information content (AvgIpc) is 1.36. The standard InChI is InChI=1S/ClH.2Mn.H2O4S/c;;;1-5(2,3)4/h1H;;;(H2,1,2,3,4)/q;;+1;/p-1. The predicted octanol–water partition coefficient (Wildman–Crippen LogP) is 0.0317. The normalized spacial score (nSPS) is 8.00. The first kappa shape index (κ1) is 16.1. The number of halogens is 1. The fourth-order valence-electron chi connectivity index (χ4n) is 0. The molecule has 2 N–H and O–H groups in total. The van der Waals surface area contributed by atoms with Gasteiger partial charge in [0.05, 0.1) is 0 Å². The van der Waals surface area contributed by atoms with Gasteiger partial charge in [-0.3, -0.25) is 9.11 Å². The van der Waals surface area contributed by atoms with E-state index in [0.29, 0.717) is 0 Å². The molecule has 0 saturated carbocycles. The summed E-state index contributed by atoms with van der Waals surface area (Å²) in [6.07, 6.45) is 0. The molecule has 0 fully saturated rings. The molecule has 0 atom stereocenters. The van der Waals surface area contributed by atoms with Crippen LogP contribution >= 0.6 is 10.1 Å². The number of rotatable bonds is 0. The van der Waals surface area contributed by atoms with Gasteiger partial charge in [-0.25, -0.2) is 0 Å². The van der Waals surface area contributed by atoms with E-state index in [-0.39, 0.29) is 17.1 Å². The second kappa shape index (κ2) is 8.20. The molecular weight excluding hydrogens is 241 g/mol. The Labute approximate surface area is 70.1 Å². The first-order chi connectivity index (χ1) is 3.00. The van der Waals surface area contributed by atoms with E-state index < -0.39 is 10.4 Å². The van der Waals surface area contributed by atoms with Gasteiger partial charge in [0.25, 0.3) is 0 Å². The minimum absolute atomic E-state index is 0. The molecule has 0 amide bonds. The molecule has 0 spiro atoms. The van der Waals surface area contributed by atoms with Crippen molar-refractivity contribution in [2.24, 2.45) is 0 Å². The summed E-state index contributed by atoms with van der Waals surface area (Å²) >= 11 is 2.41. The SMILES string of the molecule is O=S(=O)(O)O.[Cl][Mn].[Mn]. The van der Waals surface area contributed by atoms with Crippen molar-refractivity contribution in [1.82, 2.24) is 0 Å². The largest absolute Gasteiger partial charge is 0 e. The van der Waals surface area contributed by atoms with Gasteiger partial charge in [0.15, 0.2) is 0 Å². The van der Waals surface area contributed by atoms with E-state index in [4.69, 9.17) is 17.5 Å². The van der Waals surface area contributed by atoms with Crippen molar-refractivity contribution in [2.45, 2.75) is 0 Å². The van der Waals surface area contributed by atoms with Crippen molar-refractivity contribution in [1.29, 1.82) is 0 Å². The summed E-state index contributed by atoms with van der Waals surface area (Å²) in [7, 11) is -0.215. The van der Waals surface area contributed by atoms with Gasteiger partial charge in [-0.1, -0.05) is 0 Å². The van der Waals surface area contributed by atoms with Crippen molar-refractivity contribution in [3.8, 4) is 0 Å². The predicted molar refractivity (Wildman–Crippen MR) is 20.0 cm³/mol. The molecule has 0 rings (SSSR count). The molecule has 53 valence electrons. The van der Waals surface area contributed by atoms with Crippen LogP contribution in [0.1, 0.15) is 0 Å². The van der Waals surface area contributed by atoms with Crippen LogP contribution in [0.15, 0.2) is 0 Å². The molecule has 8 heavy (non-hydrogen) atoms. The van der Waals surface area contributed by atoms with Crippen LogP contribution in [-0.4, -0.2) is 17.5 Å². The van der Waals surface area contributed by atoms with Crippen LogP contribution in [0.2, 0.25) is 0 Å². The quantitative estimate of drug-likeness (QED) is 0.465. The zero-order chi connectivity index (χ0) is 6.50. The van der Waals surface area contributed by atoms with E-state index >= 15 is 0 Å². The molecule has 4 nitrogen and oxygen atoms in total. The van der Waals surface area contributed by atoms with Crippen LogP contribution in [0.3, 0.4) is 0 Å². The molecule has 0 aromatic heterocycles. The topological polar surface area (TPSA) is 74.6 Å².